The maximum Gasteiger partial charge on any atom is 0.0314 e. The van der Waals surface area contributed by atoms with Crippen LogP contribution in [0, 0.1) is 5.92 Å². The fourth-order valence-corrected chi connectivity index (χ4v) is 3.38. The Morgan fingerprint density at radius 2 is 2.00 bits per heavy atom. The van der Waals surface area contributed by atoms with Crippen molar-refractivity contribution in [3.8, 4) is 0 Å². The molecule has 0 radical (unpaired) electrons. The van der Waals surface area contributed by atoms with E-state index in [1.807, 2.05) is 12.1 Å². The molecule has 0 amide bonds. The first-order valence-electron chi connectivity index (χ1n) is 7.26. The van der Waals surface area contributed by atoms with E-state index in [0.717, 1.165) is 11.6 Å². The highest BCUT2D eigenvalue weighted by Crippen LogP contribution is 2.49. The van der Waals surface area contributed by atoms with Crippen LogP contribution in [0.25, 0.3) is 0 Å². The lowest BCUT2D eigenvalue weighted by Gasteiger charge is -2.34. The second kappa shape index (κ2) is 4.58. The van der Waals surface area contributed by atoms with Crippen LogP contribution in [0.2, 0.25) is 0 Å². The van der Waals surface area contributed by atoms with Crippen molar-refractivity contribution in [3.05, 3.63) is 29.8 Å². The van der Waals surface area contributed by atoms with Gasteiger partial charge in [0.25, 0.3) is 0 Å². The van der Waals surface area contributed by atoms with Crippen LogP contribution in [0.1, 0.15) is 38.2 Å². The number of nitrogens with zero attached hydrogens (tertiary/aromatic N) is 1. The smallest absolute Gasteiger partial charge is 0.0314 e. The van der Waals surface area contributed by atoms with Crippen LogP contribution >= 0.6 is 0 Å². The standard InChI is InChI=1S/C16H24N2/c1-13-3-2-10-18(11-13)12-16(8-9-16)14-4-6-15(17)7-5-14/h4-7,13H,2-3,8-12,17H2,1H3. The molecule has 2 fully saturated rings. The van der Waals surface area contributed by atoms with Crippen molar-refractivity contribution in [2.75, 3.05) is 25.4 Å². The molecule has 3 rings (SSSR count). The Morgan fingerprint density at radius 1 is 1.28 bits per heavy atom. The van der Waals surface area contributed by atoms with Gasteiger partial charge in [-0.15, -0.1) is 0 Å². The molecule has 18 heavy (non-hydrogen) atoms. The van der Waals surface area contributed by atoms with Crippen molar-refractivity contribution in [3.63, 3.8) is 0 Å². The van der Waals surface area contributed by atoms with Crippen LogP contribution in [-0.2, 0) is 5.41 Å². The average molecular weight is 244 g/mol. The molecular formula is C16H24N2. The molecule has 2 aliphatic rings. The SMILES string of the molecule is CC1CCCN(CC2(c3ccc(N)cc3)CC2)C1. The van der Waals surface area contributed by atoms with E-state index in [9.17, 15) is 0 Å². The molecule has 0 aromatic heterocycles. The Morgan fingerprint density at radius 3 is 2.61 bits per heavy atom. The third-order valence-corrected chi connectivity index (χ3v) is 4.64. The zero-order valence-electron chi connectivity index (χ0n) is 11.4. The van der Waals surface area contributed by atoms with Gasteiger partial charge in [-0.25, -0.2) is 0 Å². The highest BCUT2D eigenvalue weighted by atomic mass is 15.1. The quantitative estimate of drug-likeness (QED) is 0.828. The van der Waals surface area contributed by atoms with E-state index < -0.39 is 0 Å². The third kappa shape index (κ3) is 2.39. The van der Waals surface area contributed by atoms with Gasteiger partial charge in [-0.1, -0.05) is 19.1 Å². The summed E-state index contributed by atoms with van der Waals surface area (Å²) in [6, 6.07) is 8.56. The number of hydrogen-bond acceptors (Lipinski definition) is 2. The lowest BCUT2D eigenvalue weighted by Crippen LogP contribution is -2.39. The first kappa shape index (κ1) is 12.0. The maximum atomic E-state index is 5.78. The van der Waals surface area contributed by atoms with Crippen molar-refractivity contribution in [2.45, 2.75) is 38.0 Å². The highest BCUT2D eigenvalue weighted by molar-refractivity contribution is 5.43. The van der Waals surface area contributed by atoms with Gasteiger partial charge >= 0.3 is 0 Å². The molecule has 2 nitrogen and oxygen atoms in total. The van der Waals surface area contributed by atoms with E-state index in [-0.39, 0.29) is 0 Å². The summed E-state index contributed by atoms with van der Waals surface area (Å²) >= 11 is 0. The first-order valence-corrected chi connectivity index (χ1v) is 7.26. The number of nitrogen functional groups attached to an aromatic ring is 1. The number of likely N-dealkylation sites (tertiary alicyclic amines) is 1. The van der Waals surface area contributed by atoms with Gasteiger partial charge in [0.05, 0.1) is 0 Å². The summed E-state index contributed by atoms with van der Waals surface area (Å²) < 4.78 is 0. The third-order valence-electron chi connectivity index (χ3n) is 4.64. The van der Waals surface area contributed by atoms with Gasteiger partial charge in [-0.2, -0.15) is 0 Å². The highest BCUT2D eigenvalue weighted by Gasteiger charge is 2.45. The van der Waals surface area contributed by atoms with E-state index in [1.165, 1.54) is 50.9 Å². The van der Waals surface area contributed by atoms with Crippen LogP contribution < -0.4 is 5.73 Å². The molecule has 1 saturated heterocycles. The molecule has 1 aromatic carbocycles. The summed E-state index contributed by atoms with van der Waals surface area (Å²) in [5.41, 5.74) is 8.60. The van der Waals surface area contributed by atoms with Crippen molar-refractivity contribution < 1.29 is 0 Å². The molecule has 0 spiro atoms. The van der Waals surface area contributed by atoms with E-state index in [4.69, 9.17) is 5.73 Å². The predicted molar refractivity (Wildman–Crippen MR) is 76.6 cm³/mol. The van der Waals surface area contributed by atoms with Gasteiger partial charge in [0.1, 0.15) is 0 Å². The van der Waals surface area contributed by atoms with Gasteiger partial charge in [0.15, 0.2) is 0 Å². The largest absolute Gasteiger partial charge is 0.399 e. The van der Waals surface area contributed by atoms with Gasteiger partial charge in [-0.3, -0.25) is 0 Å². The van der Waals surface area contributed by atoms with Gasteiger partial charge in [0, 0.05) is 24.2 Å². The Kier molecular flexibility index (Phi) is 3.06. The molecule has 2 heteroatoms. The molecule has 1 aliphatic heterocycles. The van der Waals surface area contributed by atoms with E-state index >= 15 is 0 Å². The second-order valence-corrected chi connectivity index (χ2v) is 6.38. The molecule has 2 N–H and O–H groups in total. The van der Waals surface area contributed by atoms with Crippen LogP contribution in [0.5, 0.6) is 0 Å². The lowest BCUT2D eigenvalue weighted by molar-refractivity contribution is 0.169. The van der Waals surface area contributed by atoms with Gasteiger partial charge in [-0.05, 0) is 55.8 Å². The van der Waals surface area contributed by atoms with Crippen LogP contribution in [0.4, 0.5) is 5.69 Å². The van der Waals surface area contributed by atoms with Crippen LogP contribution in [0.3, 0.4) is 0 Å². The van der Waals surface area contributed by atoms with E-state index in [1.54, 1.807) is 0 Å². The van der Waals surface area contributed by atoms with Crippen molar-refractivity contribution in [1.29, 1.82) is 0 Å². The van der Waals surface area contributed by atoms with Crippen molar-refractivity contribution in [2.24, 2.45) is 5.92 Å². The Bertz CT molecular complexity index is 406. The Balaban J connectivity index is 1.69. The lowest BCUT2D eigenvalue weighted by atomic mass is 9.92. The Hall–Kier alpha value is -1.02. The number of nitrogens with two attached hydrogens (primary N) is 1. The topological polar surface area (TPSA) is 29.3 Å². The van der Waals surface area contributed by atoms with Crippen molar-refractivity contribution in [1.82, 2.24) is 4.90 Å². The summed E-state index contributed by atoms with van der Waals surface area (Å²) in [5.74, 6) is 0.876. The predicted octanol–water partition coefficient (Wildman–Crippen LogP) is 3.03. The minimum Gasteiger partial charge on any atom is -0.399 e. The fourth-order valence-electron chi connectivity index (χ4n) is 3.38. The number of anilines is 1. The minimum atomic E-state index is 0.449. The molecule has 1 aliphatic carbocycles. The van der Waals surface area contributed by atoms with Gasteiger partial charge < -0.3 is 10.6 Å². The second-order valence-electron chi connectivity index (χ2n) is 6.38. The maximum absolute atomic E-state index is 5.78. The molecule has 98 valence electrons. The summed E-state index contributed by atoms with van der Waals surface area (Å²) in [6.07, 6.45) is 5.48. The van der Waals surface area contributed by atoms with Gasteiger partial charge in [0.2, 0.25) is 0 Å². The number of hydrogen-bond donors (Lipinski definition) is 1. The molecular weight excluding hydrogens is 220 g/mol. The summed E-state index contributed by atoms with van der Waals surface area (Å²) in [4.78, 5) is 2.68. The van der Waals surface area contributed by atoms with Crippen LogP contribution in [-0.4, -0.2) is 24.5 Å². The summed E-state index contributed by atoms with van der Waals surface area (Å²) in [5, 5.41) is 0. The molecule has 0 bridgehead atoms. The summed E-state index contributed by atoms with van der Waals surface area (Å²) in [7, 11) is 0. The Labute approximate surface area is 110 Å². The molecule has 1 unspecified atom stereocenters. The minimum absolute atomic E-state index is 0.449. The zero-order chi connectivity index (χ0) is 12.6. The first-order chi connectivity index (χ1) is 8.68. The fraction of sp³-hybridized carbons (Fsp3) is 0.625. The summed E-state index contributed by atoms with van der Waals surface area (Å²) in [6.45, 7) is 6.22. The molecule has 1 saturated carbocycles. The number of benzene rings is 1. The average Bonchev–Trinajstić information content (AvgIpc) is 3.11. The monoisotopic (exact) mass is 244 g/mol. The molecule has 1 heterocycles. The van der Waals surface area contributed by atoms with E-state index in [2.05, 4.69) is 24.0 Å². The van der Waals surface area contributed by atoms with Crippen molar-refractivity contribution >= 4 is 5.69 Å². The normalized spacial score (nSPS) is 27.1. The van der Waals surface area contributed by atoms with E-state index in [0.29, 0.717) is 5.41 Å². The number of rotatable bonds is 3. The molecule has 1 aromatic rings. The zero-order valence-corrected chi connectivity index (χ0v) is 11.4. The van der Waals surface area contributed by atoms with Crippen LogP contribution in [0.15, 0.2) is 24.3 Å². The number of piperidine rings is 1. The molecule has 1 atom stereocenters.